The third kappa shape index (κ3) is 2.15. The Morgan fingerprint density at radius 1 is 1.53 bits per heavy atom. The molecular formula is C13H13N3O2S. The number of nitrogens with zero attached hydrogens (tertiary/aromatic N) is 1. The van der Waals surface area contributed by atoms with Gasteiger partial charge in [-0.05, 0) is 17.7 Å². The SMILES string of the molecule is CNc1nc2c(s1)C(c1cccc(O)c1)CC(=O)N2. The molecule has 5 nitrogen and oxygen atoms in total. The first-order valence-electron chi connectivity index (χ1n) is 5.94. The van der Waals surface area contributed by atoms with E-state index in [0.29, 0.717) is 12.2 Å². The number of carbonyl (C=O) groups is 1. The first kappa shape index (κ1) is 12.0. The lowest BCUT2D eigenvalue weighted by Gasteiger charge is -2.21. The zero-order valence-corrected chi connectivity index (χ0v) is 11.1. The zero-order valence-electron chi connectivity index (χ0n) is 10.3. The lowest BCUT2D eigenvalue weighted by molar-refractivity contribution is -0.116. The van der Waals surface area contributed by atoms with Crippen molar-refractivity contribution in [2.45, 2.75) is 12.3 Å². The minimum Gasteiger partial charge on any atom is -0.508 e. The molecule has 1 aliphatic rings. The lowest BCUT2D eigenvalue weighted by atomic mass is 9.91. The van der Waals surface area contributed by atoms with Gasteiger partial charge in [-0.2, -0.15) is 0 Å². The molecule has 3 N–H and O–H groups in total. The first-order chi connectivity index (χ1) is 9.17. The number of amides is 1. The Morgan fingerprint density at radius 2 is 2.37 bits per heavy atom. The number of nitrogens with one attached hydrogen (secondary N) is 2. The summed E-state index contributed by atoms with van der Waals surface area (Å²) in [6.45, 7) is 0. The maximum atomic E-state index is 11.8. The van der Waals surface area contributed by atoms with Gasteiger partial charge in [0.1, 0.15) is 11.6 Å². The minimum absolute atomic E-state index is 0.0459. The summed E-state index contributed by atoms with van der Waals surface area (Å²) in [7, 11) is 1.80. The van der Waals surface area contributed by atoms with E-state index in [2.05, 4.69) is 15.6 Å². The summed E-state index contributed by atoms with van der Waals surface area (Å²) in [5.74, 6) is 0.742. The van der Waals surface area contributed by atoms with E-state index >= 15 is 0 Å². The van der Waals surface area contributed by atoms with Crippen LogP contribution >= 0.6 is 11.3 Å². The molecule has 1 aliphatic heterocycles. The number of hydrogen-bond donors (Lipinski definition) is 3. The molecule has 0 fully saturated rings. The number of phenolic OH excluding ortho intramolecular Hbond substituents is 1. The van der Waals surface area contributed by atoms with Crippen LogP contribution in [0.4, 0.5) is 10.9 Å². The zero-order chi connectivity index (χ0) is 13.4. The van der Waals surface area contributed by atoms with E-state index in [4.69, 9.17) is 0 Å². The number of thiazole rings is 1. The van der Waals surface area contributed by atoms with E-state index in [-0.39, 0.29) is 17.6 Å². The maximum Gasteiger partial charge on any atom is 0.226 e. The summed E-state index contributed by atoms with van der Waals surface area (Å²) in [5.41, 5.74) is 0.933. The van der Waals surface area contributed by atoms with Crippen LogP contribution in [0.3, 0.4) is 0 Å². The first-order valence-corrected chi connectivity index (χ1v) is 6.76. The second-order valence-electron chi connectivity index (χ2n) is 4.38. The molecule has 19 heavy (non-hydrogen) atoms. The van der Waals surface area contributed by atoms with Crippen LogP contribution in [0.25, 0.3) is 0 Å². The number of aromatic nitrogens is 1. The summed E-state index contributed by atoms with van der Waals surface area (Å²) in [6.07, 6.45) is 0.377. The normalized spacial score (nSPS) is 17.7. The molecule has 1 aromatic carbocycles. The fourth-order valence-electron chi connectivity index (χ4n) is 2.24. The van der Waals surface area contributed by atoms with Gasteiger partial charge in [0.15, 0.2) is 5.13 Å². The van der Waals surface area contributed by atoms with Crippen molar-refractivity contribution in [3.63, 3.8) is 0 Å². The largest absolute Gasteiger partial charge is 0.508 e. The quantitative estimate of drug-likeness (QED) is 0.786. The van der Waals surface area contributed by atoms with Gasteiger partial charge in [-0.1, -0.05) is 23.5 Å². The molecule has 98 valence electrons. The summed E-state index contributed by atoms with van der Waals surface area (Å²) in [4.78, 5) is 17.1. The van der Waals surface area contributed by atoms with Gasteiger partial charge in [0.05, 0.1) is 4.88 Å². The van der Waals surface area contributed by atoms with Crippen LogP contribution < -0.4 is 10.6 Å². The highest BCUT2D eigenvalue weighted by Gasteiger charge is 2.30. The Balaban J connectivity index is 2.07. The van der Waals surface area contributed by atoms with Gasteiger partial charge >= 0.3 is 0 Å². The highest BCUT2D eigenvalue weighted by Crippen LogP contribution is 2.42. The van der Waals surface area contributed by atoms with Crippen LogP contribution in [0.2, 0.25) is 0 Å². The Bertz CT molecular complexity index is 639. The third-order valence-electron chi connectivity index (χ3n) is 3.10. The van der Waals surface area contributed by atoms with Gasteiger partial charge in [-0.25, -0.2) is 4.98 Å². The molecule has 0 spiro atoms. The van der Waals surface area contributed by atoms with Crippen molar-refractivity contribution >= 4 is 28.2 Å². The molecule has 3 rings (SSSR count). The highest BCUT2D eigenvalue weighted by molar-refractivity contribution is 7.16. The predicted molar refractivity (Wildman–Crippen MR) is 74.9 cm³/mol. The van der Waals surface area contributed by atoms with Crippen molar-refractivity contribution in [1.29, 1.82) is 0 Å². The standard InChI is InChI=1S/C13H13N3O2S/c1-14-13-16-12-11(19-13)9(6-10(18)15-12)7-3-2-4-8(17)5-7/h2-5,9,17H,6H2,1H3,(H,14,16)(H,15,18). The Kier molecular flexibility index (Phi) is 2.87. The van der Waals surface area contributed by atoms with Crippen molar-refractivity contribution in [2.24, 2.45) is 0 Å². The number of rotatable bonds is 2. The number of phenols is 1. The monoisotopic (exact) mass is 275 g/mol. The van der Waals surface area contributed by atoms with Gasteiger partial charge in [0.25, 0.3) is 0 Å². The second-order valence-corrected chi connectivity index (χ2v) is 5.41. The third-order valence-corrected chi connectivity index (χ3v) is 4.29. The van der Waals surface area contributed by atoms with Crippen LogP contribution in [-0.4, -0.2) is 23.0 Å². The molecule has 1 aromatic heterocycles. The molecule has 1 unspecified atom stereocenters. The van der Waals surface area contributed by atoms with E-state index in [1.807, 2.05) is 6.07 Å². The second kappa shape index (κ2) is 4.55. The van der Waals surface area contributed by atoms with Gasteiger partial charge in [0.2, 0.25) is 5.91 Å². The number of fused-ring (bicyclic) bond motifs is 1. The van der Waals surface area contributed by atoms with E-state index in [9.17, 15) is 9.90 Å². The minimum atomic E-state index is -0.0474. The van der Waals surface area contributed by atoms with E-state index in [0.717, 1.165) is 15.6 Å². The average molecular weight is 275 g/mol. The van der Waals surface area contributed by atoms with Crippen molar-refractivity contribution in [3.8, 4) is 5.75 Å². The fraction of sp³-hybridized carbons (Fsp3) is 0.231. The van der Waals surface area contributed by atoms with Gasteiger partial charge in [0, 0.05) is 19.4 Å². The number of carbonyl (C=O) groups excluding carboxylic acids is 1. The fourth-order valence-corrected chi connectivity index (χ4v) is 3.24. The van der Waals surface area contributed by atoms with Crippen LogP contribution in [0.1, 0.15) is 22.8 Å². The van der Waals surface area contributed by atoms with E-state index in [1.165, 1.54) is 11.3 Å². The van der Waals surface area contributed by atoms with Crippen molar-refractivity contribution < 1.29 is 9.90 Å². The molecule has 2 heterocycles. The number of aromatic hydroxyl groups is 1. The molecule has 0 bridgehead atoms. The Morgan fingerprint density at radius 3 is 3.11 bits per heavy atom. The summed E-state index contributed by atoms with van der Waals surface area (Å²) in [5, 5.41) is 16.1. The van der Waals surface area contributed by atoms with Crippen LogP contribution in [-0.2, 0) is 4.79 Å². The van der Waals surface area contributed by atoms with Crippen LogP contribution in [0.15, 0.2) is 24.3 Å². The molecule has 0 saturated heterocycles. The predicted octanol–water partition coefficient (Wildman–Crippen LogP) is 2.36. The summed E-state index contributed by atoms with van der Waals surface area (Å²) >= 11 is 1.53. The maximum absolute atomic E-state index is 11.8. The van der Waals surface area contributed by atoms with Crippen LogP contribution in [0.5, 0.6) is 5.75 Å². The molecule has 1 amide bonds. The van der Waals surface area contributed by atoms with Gasteiger partial charge in [-0.15, -0.1) is 0 Å². The lowest BCUT2D eigenvalue weighted by Crippen LogP contribution is -2.22. The van der Waals surface area contributed by atoms with E-state index in [1.54, 1.807) is 25.2 Å². The van der Waals surface area contributed by atoms with Crippen molar-refractivity contribution in [2.75, 3.05) is 17.7 Å². The van der Waals surface area contributed by atoms with Crippen LogP contribution in [0, 0.1) is 0 Å². The summed E-state index contributed by atoms with van der Waals surface area (Å²) < 4.78 is 0. The topological polar surface area (TPSA) is 74.2 Å². The number of anilines is 2. The van der Waals surface area contributed by atoms with Gasteiger partial charge in [-0.3, -0.25) is 4.79 Å². The number of benzene rings is 1. The van der Waals surface area contributed by atoms with Crippen molar-refractivity contribution in [3.05, 3.63) is 34.7 Å². The molecule has 1 atom stereocenters. The molecular weight excluding hydrogens is 262 g/mol. The molecule has 0 saturated carbocycles. The van der Waals surface area contributed by atoms with Crippen molar-refractivity contribution in [1.82, 2.24) is 4.98 Å². The molecule has 0 aliphatic carbocycles. The number of hydrogen-bond acceptors (Lipinski definition) is 5. The smallest absolute Gasteiger partial charge is 0.226 e. The van der Waals surface area contributed by atoms with E-state index < -0.39 is 0 Å². The summed E-state index contributed by atoms with van der Waals surface area (Å²) in [6, 6.07) is 7.03. The molecule has 6 heteroatoms. The average Bonchev–Trinajstić information content (AvgIpc) is 2.80. The molecule has 2 aromatic rings. The molecule has 0 radical (unpaired) electrons. The Hall–Kier alpha value is -2.08. The Labute approximate surface area is 114 Å². The van der Waals surface area contributed by atoms with Gasteiger partial charge < -0.3 is 15.7 Å². The highest BCUT2D eigenvalue weighted by atomic mass is 32.1.